The first-order valence-electron chi connectivity index (χ1n) is 4.40. The molecule has 0 spiro atoms. The molecule has 2 aromatic heterocycles. The molecule has 1 fully saturated rings. The van der Waals surface area contributed by atoms with Gasteiger partial charge in [-0.25, -0.2) is 9.50 Å². The second-order valence-electron chi connectivity index (χ2n) is 3.51. The first-order chi connectivity index (χ1) is 6.33. The molecule has 1 aliphatic rings. The van der Waals surface area contributed by atoms with Crippen LogP contribution in [0.5, 0.6) is 0 Å². The monoisotopic (exact) mass is 175 g/mol. The van der Waals surface area contributed by atoms with E-state index in [2.05, 4.69) is 10.1 Å². The fraction of sp³-hybridized carbons (Fsp3) is 0.333. The molecule has 0 radical (unpaired) electrons. The van der Waals surface area contributed by atoms with Crippen molar-refractivity contribution in [2.24, 2.45) is 0 Å². The highest BCUT2D eigenvalue weighted by Gasteiger charge is 2.24. The Morgan fingerprint density at radius 1 is 1.54 bits per heavy atom. The van der Waals surface area contributed by atoms with Gasteiger partial charge in [-0.05, 0) is 24.3 Å². The number of aromatic amines is 1. The van der Waals surface area contributed by atoms with Gasteiger partial charge < -0.3 is 0 Å². The van der Waals surface area contributed by atoms with Crippen molar-refractivity contribution in [1.82, 2.24) is 14.6 Å². The second-order valence-corrected chi connectivity index (χ2v) is 3.51. The maximum absolute atomic E-state index is 11.0. The molecule has 0 saturated heterocycles. The number of H-pyrrole nitrogens is 1. The molecular weight excluding hydrogens is 166 g/mol. The summed E-state index contributed by atoms with van der Waals surface area (Å²) in [5.41, 5.74) is 1.81. The van der Waals surface area contributed by atoms with Gasteiger partial charge in [0, 0.05) is 18.5 Å². The van der Waals surface area contributed by atoms with Crippen LogP contribution >= 0.6 is 0 Å². The first-order valence-corrected chi connectivity index (χ1v) is 4.40. The zero-order valence-electron chi connectivity index (χ0n) is 7.03. The molecule has 3 rings (SSSR count). The maximum atomic E-state index is 11.0. The predicted octanol–water partition coefficient (Wildman–Crippen LogP) is 0.900. The third-order valence-corrected chi connectivity index (χ3v) is 2.41. The number of hydrogen-bond acceptors (Lipinski definition) is 2. The summed E-state index contributed by atoms with van der Waals surface area (Å²) in [4.78, 5) is 15.2. The van der Waals surface area contributed by atoms with Gasteiger partial charge in [0.2, 0.25) is 0 Å². The molecule has 0 aromatic carbocycles. The average molecular weight is 175 g/mol. The van der Waals surface area contributed by atoms with Crippen LogP contribution < -0.4 is 5.56 Å². The van der Waals surface area contributed by atoms with E-state index in [1.165, 1.54) is 24.5 Å². The summed E-state index contributed by atoms with van der Waals surface area (Å²) >= 11 is 0. The molecule has 0 bridgehead atoms. The number of nitrogens with zero attached hydrogens (tertiary/aromatic N) is 2. The van der Waals surface area contributed by atoms with E-state index < -0.39 is 0 Å². The second kappa shape index (κ2) is 2.22. The predicted molar refractivity (Wildman–Crippen MR) is 47.8 cm³/mol. The maximum Gasteiger partial charge on any atom is 0.266 e. The highest BCUT2D eigenvalue weighted by molar-refractivity contribution is 5.37. The van der Waals surface area contributed by atoms with Crippen molar-refractivity contribution in [3.63, 3.8) is 0 Å². The van der Waals surface area contributed by atoms with Gasteiger partial charge in [0.25, 0.3) is 5.56 Å². The Morgan fingerprint density at radius 2 is 2.38 bits per heavy atom. The van der Waals surface area contributed by atoms with Crippen molar-refractivity contribution in [3.05, 3.63) is 34.4 Å². The number of fused-ring (bicyclic) bond motifs is 1. The van der Waals surface area contributed by atoms with Crippen molar-refractivity contribution in [2.45, 2.75) is 18.8 Å². The molecule has 1 N–H and O–H groups in total. The van der Waals surface area contributed by atoms with Gasteiger partial charge in [-0.3, -0.25) is 9.89 Å². The van der Waals surface area contributed by atoms with E-state index in [1.54, 1.807) is 4.52 Å². The molecule has 66 valence electrons. The summed E-state index contributed by atoms with van der Waals surface area (Å²) in [5.74, 6) is 0.669. The average Bonchev–Trinajstić information content (AvgIpc) is 2.87. The van der Waals surface area contributed by atoms with Crippen LogP contribution in [0.15, 0.2) is 23.3 Å². The number of rotatable bonds is 1. The molecular formula is C9H9N3O. The van der Waals surface area contributed by atoms with Crippen LogP contribution in [0.2, 0.25) is 0 Å². The molecule has 2 aromatic rings. The van der Waals surface area contributed by atoms with Gasteiger partial charge in [-0.1, -0.05) is 0 Å². The van der Waals surface area contributed by atoms with Crippen LogP contribution in [-0.2, 0) is 0 Å². The molecule has 0 amide bonds. The van der Waals surface area contributed by atoms with E-state index in [0.29, 0.717) is 11.6 Å². The first kappa shape index (κ1) is 6.88. The van der Waals surface area contributed by atoms with Crippen molar-refractivity contribution >= 4 is 5.65 Å². The van der Waals surface area contributed by atoms with E-state index in [9.17, 15) is 4.79 Å². The topological polar surface area (TPSA) is 50.2 Å². The van der Waals surface area contributed by atoms with Crippen LogP contribution in [-0.4, -0.2) is 14.6 Å². The van der Waals surface area contributed by atoms with Gasteiger partial charge in [0.1, 0.15) is 0 Å². The lowest BCUT2D eigenvalue weighted by atomic mass is 10.2. The Balaban J connectivity index is 2.25. The van der Waals surface area contributed by atoms with Crippen LogP contribution in [0.3, 0.4) is 0 Å². The SMILES string of the molecule is O=c1cc2ncc(C3CC3)cn2[nH]1. The van der Waals surface area contributed by atoms with Crippen molar-refractivity contribution in [3.8, 4) is 0 Å². The van der Waals surface area contributed by atoms with Gasteiger partial charge in [-0.15, -0.1) is 0 Å². The number of aromatic nitrogens is 3. The Morgan fingerprint density at radius 3 is 3.15 bits per heavy atom. The van der Waals surface area contributed by atoms with Gasteiger partial charge in [0.15, 0.2) is 5.65 Å². The molecule has 1 saturated carbocycles. The highest BCUT2D eigenvalue weighted by Crippen LogP contribution is 2.39. The lowest BCUT2D eigenvalue weighted by Gasteiger charge is -1.97. The van der Waals surface area contributed by atoms with Crippen LogP contribution in [0.1, 0.15) is 24.3 Å². The summed E-state index contributed by atoms with van der Waals surface area (Å²) < 4.78 is 1.69. The van der Waals surface area contributed by atoms with Gasteiger partial charge in [-0.2, -0.15) is 0 Å². The third kappa shape index (κ3) is 1.06. The number of hydrogen-bond donors (Lipinski definition) is 1. The third-order valence-electron chi connectivity index (χ3n) is 2.41. The molecule has 0 atom stereocenters. The van der Waals surface area contributed by atoms with E-state index in [4.69, 9.17) is 0 Å². The zero-order valence-corrected chi connectivity index (χ0v) is 7.03. The van der Waals surface area contributed by atoms with Gasteiger partial charge in [0.05, 0.1) is 0 Å². The molecule has 0 aliphatic heterocycles. The standard InChI is InChI=1S/C9H9N3O/c13-9-3-8-10-4-7(6-1-2-6)5-12(8)11-9/h3-6H,1-2H2,(H,11,13). The quantitative estimate of drug-likeness (QED) is 0.700. The molecule has 2 heterocycles. The molecule has 1 aliphatic carbocycles. The van der Waals surface area contributed by atoms with Crippen molar-refractivity contribution in [2.75, 3.05) is 0 Å². The molecule has 4 nitrogen and oxygen atoms in total. The van der Waals surface area contributed by atoms with Crippen molar-refractivity contribution < 1.29 is 0 Å². The summed E-state index contributed by atoms with van der Waals surface area (Å²) in [6, 6.07) is 1.50. The van der Waals surface area contributed by atoms with Gasteiger partial charge >= 0.3 is 0 Å². The minimum Gasteiger partial charge on any atom is -0.268 e. The normalized spacial score (nSPS) is 16.6. The Labute approximate surface area is 74.2 Å². The fourth-order valence-electron chi connectivity index (χ4n) is 1.54. The lowest BCUT2D eigenvalue weighted by Crippen LogP contribution is -1.99. The fourth-order valence-corrected chi connectivity index (χ4v) is 1.54. The van der Waals surface area contributed by atoms with E-state index >= 15 is 0 Å². The van der Waals surface area contributed by atoms with E-state index in [-0.39, 0.29) is 5.56 Å². The summed E-state index contributed by atoms with van der Waals surface area (Å²) in [5, 5.41) is 2.68. The molecule has 0 unspecified atom stereocenters. The lowest BCUT2D eigenvalue weighted by molar-refractivity contribution is 0.892. The van der Waals surface area contributed by atoms with Crippen LogP contribution in [0.4, 0.5) is 0 Å². The van der Waals surface area contributed by atoms with Crippen LogP contribution in [0.25, 0.3) is 5.65 Å². The van der Waals surface area contributed by atoms with Crippen LogP contribution in [0, 0.1) is 0 Å². The molecule has 4 heteroatoms. The minimum atomic E-state index is -0.0968. The minimum absolute atomic E-state index is 0.0968. The molecule has 13 heavy (non-hydrogen) atoms. The summed E-state index contributed by atoms with van der Waals surface area (Å²) in [6.45, 7) is 0. The smallest absolute Gasteiger partial charge is 0.266 e. The van der Waals surface area contributed by atoms with E-state index in [0.717, 1.165) is 0 Å². The van der Waals surface area contributed by atoms with E-state index in [1.807, 2.05) is 12.4 Å². The Bertz CT molecular complexity index is 507. The summed E-state index contributed by atoms with van der Waals surface area (Å²) in [6.07, 6.45) is 6.32. The highest BCUT2D eigenvalue weighted by atomic mass is 16.1. The zero-order chi connectivity index (χ0) is 8.84. The largest absolute Gasteiger partial charge is 0.268 e. The van der Waals surface area contributed by atoms with Crippen molar-refractivity contribution in [1.29, 1.82) is 0 Å². The Hall–Kier alpha value is -1.58. The number of nitrogens with one attached hydrogen (secondary N) is 1. The Kier molecular flexibility index (Phi) is 1.17. The summed E-state index contributed by atoms with van der Waals surface area (Å²) in [7, 11) is 0.